The standard InChI is InChI=1S/C15H18N4O3S2/c1-18(9-13-10-23-11-17-13)14-3-2-12(8-16-14)15(20)19-4-6-24(21,22)7-5-19/h2-3,8,10-11H,4-7,9H2,1H3. The molecule has 1 amide bonds. The number of anilines is 1. The van der Waals surface area contributed by atoms with Crippen molar-refractivity contribution in [3.8, 4) is 0 Å². The zero-order valence-corrected chi connectivity index (χ0v) is 14.9. The second-order valence-electron chi connectivity index (χ2n) is 5.68. The summed E-state index contributed by atoms with van der Waals surface area (Å²) in [5, 5.41) is 1.98. The van der Waals surface area contributed by atoms with E-state index in [4.69, 9.17) is 0 Å². The lowest BCUT2D eigenvalue weighted by Crippen LogP contribution is -2.43. The average molecular weight is 366 g/mol. The Morgan fingerprint density at radius 1 is 1.29 bits per heavy atom. The zero-order chi connectivity index (χ0) is 17.2. The van der Waals surface area contributed by atoms with Crippen LogP contribution in [0.1, 0.15) is 16.1 Å². The number of amides is 1. The predicted octanol–water partition coefficient (Wildman–Crippen LogP) is 1.05. The SMILES string of the molecule is CN(Cc1cscn1)c1ccc(C(=O)N2CCS(=O)(=O)CC2)cn1. The quantitative estimate of drug-likeness (QED) is 0.804. The lowest BCUT2D eigenvalue weighted by molar-refractivity contribution is 0.0770. The van der Waals surface area contributed by atoms with E-state index in [0.717, 1.165) is 11.5 Å². The molecule has 0 spiro atoms. The van der Waals surface area contributed by atoms with Gasteiger partial charge in [0.25, 0.3) is 5.91 Å². The van der Waals surface area contributed by atoms with Crippen LogP contribution >= 0.6 is 11.3 Å². The monoisotopic (exact) mass is 366 g/mol. The Morgan fingerprint density at radius 3 is 2.62 bits per heavy atom. The summed E-state index contributed by atoms with van der Waals surface area (Å²) in [6, 6.07) is 3.52. The van der Waals surface area contributed by atoms with Crippen LogP contribution in [0, 0.1) is 0 Å². The highest BCUT2D eigenvalue weighted by Crippen LogP contribution is 2.15. The van der Waals surface area contributed by atoms with Gasteiger partial charge in [0.1, 0.15) is 5.82 Å². The minimum Gasteiger partial charge on any atom is -0.354 e. The molecule has 2 aromatic rings. The van der Waals surface area contributed by atoms with Gasteiger partial charge in [-0.05, 0) is 12.1 Å². The third-order valence-corrected chi connectivity index (χ3v) is 6.14. The summed E-state index contributed by atoms with van der Waals surface area (Å²) in [5.74, 6) is 0.633. The molecule has 2 aromatic heterocycles. The maximum absolute atomic E-state index is 12.4. The molecule has 1 saturated heterocycles. The molecule has 1 aliphatic heterocycles. The highest BCUT2D eigenvalue weighted by molar-refractivity contribution is 7.91. The normalized spacial score (nSPS) is 16.8. The number of pyridine rings is 1. The van der Waals surface area contributed by atoms with Crippen molar-refractivity contribution in [1.82, 2.24) is 14.9 Å². The summed E-state index contributed by atoms with van der Waals surface area (Å²) in [6.45, 7) is 1.13. The van der Waals surface area contributed by atoms with Crippen molar-refractivity contribution in [2.75, 3.05) is 36.5 Å². The lowest BCUT2D eigenvalue weighted by Gasteiger charge is -2.26. The Hall–Kier alpha value is -2.00. The predicted molar refractivity (Wildman–Crippen MR) is 93.0 cm³/mol. The fraction of sp³-hybridized carbons (Fsp3) is 0.400. The summed E-state index contributed by atoms with van der Waals surface area (Å²) < 4.78 is 22.9. The first kappa shape index (κ1) is 16.8. The number of aromatic nitrogens is 2. The first-order valence-corrected chi connectivity index (χ1v) is 10.2. The molecule has 0 radical (unpaired) electrons. The highest BCUT2D eigenvalue weighted by Gasteiger charge is 2.25. The van der Waals surface area contributed by atoms with Crippen LogP contribution in [0.5, 0.6) is 0 Å². The molecule has 9 heteroatoms. The summed E-state index contributed by atoms with van der Waals surface area (Å²) in [5.41, 5.74) is 3.23. The van der Waals surface area contributed by atoms with E-state index in [2.05, 4.69) is 9.97 Å². The number of hydrogen-bond donors (Lipinski definition) is 0. The maximum atomic E-state index is 12.4. The second kappa shape index (κ2) is 6.86. The number of carbonyl (C=O) groups excluding carboxylic acids is 1. The molecule has 3 heterocycles. The molecule has 0 atom stereocenters. The molecule has 0 N–H and O–H groups in total. The van der Waals surface area contributed by atoms with Crippen LogP contribution in [0.15, 0.2) is 29.2 Å². The molecular formula is C15H18N4O3S2. The maximum Gasteiger partial charge on any atom is 0.255 e. The van der Waals surface area contributed by atoms with Gasteiger partial charge in [-0.15, -0.1) is 11.3 Å². The summed E-state index contributed by atoms with van der Waals surface area (Å²) in [6.07, 6.45) is 1.54. The van der Waals surface area contributed by atoms with Crippen molar-refractivity contribution >= 4 is 32.9 Å². The summed E-state index contributed by atoms with van der Waals surface area (Å²) in [7, 11) is -1.08. The van der Waals surface area contributed by atoms with E-state index in [1.807, 2.05) is 17.3 Å². The van der Waals surface area contributed by atoms with Gasteiger partial charge in [0.2, 0.25) is 0 Å². The van der Waals surface area contributed by atoms with Gasteiger partial charge in [-0.3, -0.25) is 4.79 Å². The van der Waals surface area contributed by atoms with Crippen molar-refractivity contribution in [2.45, 2.75) is 6.54 Å². The molecule has 0 unspecified atom stereocenters. The van der Waals surface area contributed by atoms with Crippen LogP contribution in [0.3, 0.4) is 0 Å². The van der Waals surface area contributed by atoms with Crippen molar-refractivity contribution < 1.29 is 13.2 Å². The van der Waals surface area contributed by atoms with Gasteiger partial charge in [0, 0.05) is 31.7 Å². The molecule has 0 aromatic carbocycles. The number of thiazole rings is 1. The Bertz CT molecular complexity index is 790. The van der Waals surface area contributed by atoms with Gasteiger partial charge in [0.15, 0.2) is 9.84 Å². The van der Waals surface area contributed by atoms with Gasteiger partial charge in [0.05, 0.1) is 34.8 Å². The molecule has 0 saturated carbocycles. The Labute approximate surface area is 144 Å². The first-order valence-electron chi connectivity index (χ1n) is 7.48. The Kier molecular flexibility index (Phi) is 4.81. The number of sulfone groups is 1. The number of carbonyl (C=O) groups is 1. The number of nitrogens with zero attached hydrogens (tertiary/aromatic N) is 4. The number of rotatable bonds is 4. The topological polar surface area (TPSA) is 83.5 Å². The average Bonchev–Trinajstić information content (AvgIpc) is 3.07. The van der Waals surface area contributed by atoms with E-state index in [1.165, 1.54) is 6.20 Å². The van der Waals surface area contributed by atoms with Crippen LogP contribution in [0.2, 0.25) is 0 Å². The third kappa shape index (κ3) is 3.90. The van der Waals surface area contributed by atoms with E-state index in [-0.39, 0.29) is 30.5 Å². The van der Waals surface area contributed by atoms with Crippen molar-refractivity contribution in [2.24, 2.45) is 0 Å². The van der Waals surface area contributed by atoms with Crippen LogP contribution in [-0.2, 0) is 16.4 Å². The molecule has 1 aliphatic rings. The molecule has 0 bridgehead atoms. The fourth-order valence-electron chi connectivity index (χ4n) is 2.48. The van der Waals surface area contributed by atoms with Gasteiger partial charge in [-0.25, -0.2) is 18.4 Å². The van der Waals surface area contributed by atoms with Crippen molar-refractivity contribution in [3.05, 3.63) is 40.5 Å². The van der Waals surface area contributed by atoms with Crippen molar-refractivity contribution in [1.29, 1.82) is 0 Å². The zero-order valence-electron chi connectivity index (χ0n) is 13.3. The fourth-order valence-corrected chi connectivity index (χ4v) is 4.23. The minimum absolute atomic E-state index is 0.0284. The molecule has 128 valence electrons. The lowest BCUT2D eigenvalue weighted by atomic mass is 10.2. The third-order valence-electron chi connectivity index (χ3n) is 3.90. The smallest absolute Gasteiger partial charge is 0.255 e. The molecular weight excluding hydrogens is 348 g/mol. The molecule has 3 rings (SSSR count). The van der Waals surface area contributed by atoms with E-state index in [1.54, 1.807) is 33.9 Å². The van der Waals surface area contributed by atoms with Gasteiger partial charge in [-0.2, -0.15) is 0 Å². The minimum atomic E-state index is -3.00. The van der Waals surface area contributed by atoms with E-state index < -0.39 is 9.84 Å². The Balaban J connectivity index is 1.64. The van der Waals surface area contributed by atoms with Crippen LogP contribution < -0.4 is 4.90 Å². The van der Waals surface area contributed by atoms with E-state index in [0.29, 0.717) is 12.1 Å². The largest absolute Gasteiger partial charge is 0.354 e. The van der Waals surface area contributed by atoms with E-state index >= 15 is 0 Å². The van der Waals surface area contributed by atoms with Crippen molar-refractivity contribution in [3.63, 3.8) is 0 Å². The number of hydrogen-bond acceptors (Lipinski definition) is 7. The molecule has 1 fully saturated rings. The summed E-state index contributed by atoms with van der Waals surface area (Å²) >= 11 is 1.55. The van der Waals surface area contributed by atoms with Crippen LogP contribution in [0.25, 0.3) is 0 Å². The van der Waals surface area contributed by atoms with Crippen LogP contribution in [-0.4, -0.2) is 60.8 Å². The highest BCUT2D eigenvalue weighted by atomic mass is 32.2. The molecule has 7 nitrogen and oxygen atoms in total. The van der Waals surface area contributed by atoms with Gasteiger partial charge >= 0.3 is 0 Å². The van der Waals surface area contributed by atoms with E-state index in [9.17, 15) is 13.2 Å². The second-order valence-corrected chi connectivity index (χ2v) is 8.71. The molecule has 0 aliphatic carbocycles. The van der Waals surface area contributed by atoms with Crippen LogP contribution in [0.4, 0.5) is 5.82 Å². The van der Waals surface area contributed by atoms with Gasteiger partial charge < -0.3 is 9.80 Å². The molecule has 24 heavy (non-hydrogen) atoms. The van der Waals surface area contributed by atoms with Gasteiger partial charge in [-0.1, -0.05) is 0 Å². The first-order chi connectivity index (χ1) is 11.4. The Morgan fingerprint density at radius 2 is 2.04 bits per heavy atom. The summed E-state index contributed by atoms with van der Waals surface area (Å²) in [4.78, 5) is 24.5.